The zero-order chi connectivity index (χ0) is 20.6. The fraction of sp³-hybridized carbons (Fsp3) is 0.130. The Kier molecular flexibility index (Phi) is 7.00. The maximum atomic E-state index is 12.6. The highest BCUT2D eigenvalue weighted by Crippen LogP contribution is 2.19. The van der Waals surface area contributed by atoms with Crippen molar-refractivity contribution in [2.24, 2.45) is 0 Å². The van der Waals surface area contributed by atoms with Crippen molar-refractivity contribution in [3.63, 3.8) is 0 Å². The van der Waals surface area contributed by atoms with Gasteiger partial charge in [-0.25, -0.2) is 0 Å². The van der Waals surface area contributed by atoms with Gasteiger partial charge in [0.25, 0.3) is 11.8 Å². The quantitative estimate of drug-likeness (QED) is 0.555. The van der Waals surface area contributed by atoms with Gasteiger partial charge in [0.05, 0.1) is 11.3 Å². The lowest BCUT2D eigenvalue weighted by Crippen LogP contribution is -2.86. The number of anilines is 2. The predicted molar refractivity (Wildman–Crippen MR) is 116 cm³/mol. The number of halogens is 1. The van der Waals surface area contributed by atoms with Crippen LogP contribution in [0.2, 0.25) is 5.02 Å². The minimum atomic E-state index is -0.301. The summed E-state index contributed by atoms with van der Waals surface area (Å²) >= 11 is 5.88. The Morgan fingerprint density at radius 3 is 2.28 bits per heavy atom. The second-order valence-corrected chi connectivity index (χ2v) is 7.13. The molecule has 0 aromatic heterocycles. The molecule has 3 aromatic rings. The number of carbonyl (C=O) groups is 2. The van der Waals surface area contributed by atoms with Gasteiger partial charge in [-0.2, -0.15) is 0 Å². The summed E-state index contributed by atoms with van der Waals surface area (Å²) in [6, 6.07) is 24.0. The van der Waals surface area contributed by atoms with E-state index in [2.05, 4.69) is 17.6 Å². The standard InChI is InChI=1S/C23H22ClN3O2/c1-16(17-7-3-2-4-8-17)25-15-22(28)27-21-10-6-5-9-20(21)23(29)26-19-13-11-18(24)12-14-19/h2-14,16,25H,15H2,1H3,(H,26,29)(H,27,28)/p+1/t16-/m1/s1. The van der Waals surface area contributed by atoms with E-state index in [1.807, 2.05) is 35.6 Å². The first-order chi connectivity index (χ1) is 14.0. The fourth-order valence-electron chi connectivity index (χ4n) is 2.90. The van der Waals surface area contributed by atoms with Crippen molar-refractivity contribution in [2.45, 2.75) is 13.0 Å². The molecule has 0 aliphatic carbocycles. The minimum absolute atomic E-state index is 0.158. The van der Waals surface area contributed by atoms with E-state index < -0.39 is 0 Å². The lowest BCUT2D eigenvalue weighted by atomic mass is 10.1. The van der Waals surface area contributed by atoms with Crippen LogP contribution >= 0.6 is 11.6 Å². The van der Waals surface area contributed by atoms with Gasteiger partial charge < -0.3 is 16.0 Å². The van der Waals surface area contributed by atoms with E-state index in [4.69, 9.17) is 11.6 Å². The van der Waals surface area contributed by atoms with Crippen LogP contribution in [0, 0.1) is 0 Å². The highest BCUT2D eigenvalue weighted by Gasteiger charge is 2.15. The third-order valence-corrected chi connectivity index (χ3v) is 4.78. The van der Waals surface area contributed by atoms with Crippen molar-refractivity contribution in [3.8, 4) is 0 Å². The molecule has 4 N–H and O–H groups in total. The number of hydrogen-bond acceptors (Lipinski definition) is 2. The van der Waals surface area contributed by atoms with E-state index in [9.17, 15) is 9.59 Å². The molecule has 0 aliphatic rings. The highest BCUT2D eigenvalue weighted by atomic mass is 35.5. The molecule has 1 atom stereocenters. The summed E-state index contributed by atoms with van der Waals surface area (Å²) in [5.41, 5.74) is 2.66. The number of benzene rings is 3. The van der Waals surface area contributed by atoms with Crippen LogP contribution in [0.4, 0.5) is 11.4 Å². The summed E-state index contributed by atoms with van der Waals surface area (Å²) in [6.45, 7) is 2.30. The lowest BCUT2D eigenvalue weighted by molar-refractivity contribution is -0.682. The Morgan fingerprint density at radius 2 is 1.55 bits per heavy atom. The molecular formula is C23H23ClN3O2+. The molecule has 29 heavy (non-hydrogen) atoms. The Morgan fingerprint density at radius 1 is 0.897 bits per heavy atom. The van der Waals surface area contributed by atoms with E-state index in [0.717, 1.165) is 5.56 Å². The van der Waals surface area contributed by atoms with Crippen LogP contribution in [0.1, 0.15) is 28.9 Å². The monoisotopic (exact) mass is 408 g/mol. The van der Waals surface area contributed by atoms with Crippen molar-refractivity contribution in [1.82, 2.24) is 0 Å². The summed E-state index contributed by atoms with van der Waals surface area (Å²) in [5, 5.41) is 8.21. The van der Waals surface area contributed by atoms with E-state index in [0.29, 0.717) is 22.0 Å². The number of amides is 2. The van der Waals surface area contributed by atoms with Gasteiger partial charge in [-0.3, -0.25) is 9.59 Å². The molecule has 0 saturated heterocycles. The molecule has 2 amide bonds. The van der Waals surface area contributed by atoms with Gasteiger partial charge in [-0.1, -0.05) is 54.1 Å². The average molecular weight is 409 g/mol. The van der Waals surface area contributed by atoms with Crippen LogP contribution in [0.25, 0.3) is 0 Å². The number of rotatable bonds is 7. The number of carbonyl (C=O) groups excluding carboxylic acids is 2. The topological polar surface area (TPSA) is 74.8 Å². The van der Waals surface area contributed by atoms with E-state index in [1.165, 1.54) is 0 Å². The number of nitrogens with one attached hydrogen (secondary N) is 2. The largest absolute Gasteiger partial charge is 0.333 e. The normalized spacial score (nSPS) is 11.5. The number of nitrogens with two attached hydrogens (primary N) is 1. The minimum Gasteiger partial charge on any atom is -0.333 e. The Bertz CT molecular complexity index is 975. The molecule has 0 saturated carbocycles. The van der Waals surface area contributed by atoms with E-state index >= 15 is 0 Å². The van der Waals surface area contributed by atoms with Crippen LogP contribution in [-0.2, 0) is 4.79 Å². The first kappa shape index (κ1) is 20.6. The molecule has 3 rings (SSSR count). The van der Waals surface area contributed by atoms with Crippen molar-refractivity contribution >= 4 is 34.8 Å². The van der Waals surface area contributed by atoms with Crippen molar-refractivity contribution in [1.29, 1.82) is 0 Å². The zero-order valence-corrected chi connectivity index (χ0v) is 16.8. The molecule has 0 heterocycles. The Labute approximate surface area is 175 Å². The first-order valence-electron chi connectivity index (χ1n) is 9.37. The molecule has 0 unspecified atom stereocenters. The van der Waals surface area contributed by atoms with Crippen molar-refractivity contribution < 1.29 is 14.9 Å². The van der Waals surface area contributed by atoms with Gasteiger partial charge in [-0.15, -0.1) is 0 Å². The summed E-state index contributed by atoms with van der Waals surface area (Å²) < 4.78 is 0. The van der Waals surface area contributed by atoms with Crippen LogP contribution in [0.15, 0.2) is 78.9 Å². The highest BCUT2D eigenvalue weighted by molar-refractivity contribution is 6.30. The third-order valence-electron chi connectivity index (χ3n) is 4.53. The van der Waals surface area contributed by atoms with Gasteiger partial charge in [0.15, 0.2) is 6.54 Å². The molecule has 0 radical (unpaired) electrons. The molecule has 0 fully saturated rings. The maximum Gasteiger partial charge on any atom is 0.279 e. The summed E-state index contributed by atoms with van der Waals surface area (Å²) in [4.78, 5) is 25.1. The van der Waals surface area contributed by atoms with Crippen LogP contribution in [-0.4, -0.2) is 18.4 Å². The molecule has 6 heteroatoms. The molecule has 0 aliphatic heterocycles. The SMILES string of the molecule is C[C@@H]([NH2+]CC(=O)Nc1ccccc1C(=O)Nc1ccc(Cl)cc1)c1ccccc1. The Hall–Kier alpha value is -3.15. The van der Waals surface area contributed by atoms with E-state index in [-0.39, 0.29) is 24.4 Å². The predicted octanol–water partition coefficient (Wildman–Crippen LogP) is 3.86. The summed E-state index contributed by atoms with van der Waals surface area (Å²) in [7, 11) is 0. The Balaban J connectivity index is 1.61. The molecule has 148 valence electrons. The van der Waals surface area contributed by atoms with Gasteiger partial charge >= 0.3 is 0 Å². The van der Waals surface area contributed by atoms with Gasteiger partial charge in [0.1, 0.15) is 6.04 Å². The van der Waals surface area contributed by atoms with Crippen LogP contribution in [0.3, 0.4) is 0 Å². The summed E-state index contributed by atoms with van der Waals surface area (Å²) in [6.07, 6.45) is 0. The maximum absolute atomic E-state index is 12.6. The number of quaternary nitrogens is 1. The van der Waals surface area contributed by atoms with Gasteiger partial charge in [0, 0.05) is 16.3 Å². The van der Waals surface area contributed by atoms with Crippen LogP contribution in [0.5, 0.6) is 0 Å². The zero-order valence-electron chi connectivity index (χ0n) is 16.1. The average Bonchev–Trinajstić information content (AvgIpc) is 2.74. The second kappa shape index (κ2) is 9.87. The lowest BCUT2D eigenvalue weighted by Gasteiger charge is -2.13. The molecule has 5 nitrogen and oxygen atoms in total. The van der Waals surface area contributed by atoms with Crippen LogP contribution < -0.4 is 16.0 Å². The number of para-hydroxylation sites is 1. The molecular weight excluding hydrogens is 386 g/mol. The third kappa shape index (κ3) is 5.91. The van der Waals surface area contributed by atoms with E-state index in [1.54, 1.807) is 48.5 Å². The van der Waals surface area contributed by atoms with Gasteiger partial charge in [-0.05, 0) is 43.3 Å². The molecule has 3 aromatic carbocycles. The second-order valence-electron chi connectivity index (χ2n) is 6.69. The molecule has 0 bridgehead atoms. The summed E-state index contributed by atoms with van der Waals surface area (Å²) in [5.74, 6) is -0.468. The fourth-order valence-corrected chi connectivity index (χ4v) is 3.03. The number of hydrogen-bond donors (Lipinski definition) is 3. The smallest absolute Gasteiger partial charge is 0.279 e. The first-order valence-corrected chi connectivity index (χ1v) is 9.75. The van der Waals surface area contributed by atoms with Gasteiger partial charge in [0.2, 0.25) is 0 Å². The molecule has 0 spiro atoms. The van der Waals surface area contributed by atoms with Crippen molar-refractivity contribution in [3.05, 3.63) is 95.0 Å². The van der Waals surface area contributed by atoms with Crippen molar-refractivity contribution in [2.75, 3.05) is 17.2 Å².